The minimum Gasteiger partial charge on any atom is -0.493 e. The molecule has 1 rings (SSSR count). The molecule has 0 aliphatic rings. The number of rotatable bonds is 4. The van der Waals surface area contributed by atoms with Gasteiger partial charge in [0.05, 0.1) is 14.2 Å². The normalized spacial score (nSPS) is 9.20. The molecule has 0 aromatic heterocycles. The fraction of sp³-hybridized carbons (Fsp3) is 0.300. The van der Waals surface area contributed by atoms with Gasteiger partial charge in [-0.1, -0.05) is 15.9 Å². The van der Waals surface area contributed by atoms with E-state index in [0.29, 0.717) is 17.2 Å². The molecule has 0 unspecified atom stereocenters. The van der Waals surface area contributed by atoms with Gasteiger partial charge in [-0.3, -0.25) is 0 Å². The molecular formula is C10H10BrNO3. The summed E-state index contributed by atoms with van der Waals surface area (Å²) in [5, 5.41) is 8.44. The van der Waals surface area contributed by atoms with E-state index in [4.69, 9.17) is 19.5 Å². The molecule has 1 aromatic rings. The number of benzene rings is 1. The van der Waals surface area contributed by atoms with Crippen LogP contribution in [0.4, 0.5) is 0 Å². The number of ether oxygens (including phenoxy) is 3. The molecule has 0 aliphatic carbocycles. The van der Waals surface area contributed by atoms with E-state index in [0.717, 1.165) is 4.47 Å². The molecule has 0 fully saturated rings. The second-order valence-electron chi connectivity index (χ2n) is 2.59. The zero-order valence-corrected chi connectivity index (χ0v) is 10.00. The van der Waals surface area contributed by atoms with Gasteiger partial charge in [-0.15, -0.1) is 0 Å². The Morgan fingerprint density at radius 3 is 2.20 bits per heavy atom. The van der Waals surface area contributed by atoms with Gasteiger partial charge in [-0.25, -0.2) is 0 Å². The van der Waals surface area contributed by atoms with Crippen molar-refractivity contribution < 1.29 is 14.2 Å². The topological polar surface area (TPSA) is 51.5 Å². The first-order valence-electron chi connectivity index (χ1n) is 4.14. The minimum absolute atomic E-state index is 0.0473. The van der Waals surface area contributed by atoms with E-state index in [-0.39, 0.29) is 6.61 Å². The lowest BCUT2D eigenvalue weighted by atomic mass is 10.3. The third kappa shape index (κ3) is 2.77. The fourth-order valence-corrected chi connectivity index (χ4v) is 1.51. The van der Waals surface area contributed by atoms with Gasteiger partial charge in [0.2, 0.25) is 5.75 Å². The number of methoxy groups -OCH3 is 2. The van der Waals surface area contributed by atoms with E-state index in [1.807, 2.05) is 6.07 Å². The molecule has 0 bridgehead atoms. The van der Waals surface area contributed by atoms with Crippen LogP contribution in [0.3, 0.4) is 0 Å². The minimum atomic E-state index is -0.0473. The van der Waals surface area contributed by atoms with Crippen molar-refractivity contribution in [3.63, 3.8) is 0 Å². The summed E-state index contributed by atoms with van der Waals surface area (Å²) < 4.78 is 16.3. The van der Waals surface area contributed by atoms with Crippen molar-refractivity contribution in [2.75, 3.05) is 20.8 Å². The molecule has 0 heterocycles. The van der Waals surface area contributed by atoms with Crippen LogP contribution in [0.2, 0.25) is 0 Å². The maximum absolute atomic E-state index is 8.44. The highest BCUT2D eigenvalue weighted by Gasteiger charge is 2.12. The van der Waals surface area contributed by atoms with Gasteiger partial charge in [-0.2, -0.15) is 5.26 Å². The Labute approximate surface area is 96.5 Å². The number of halogens is 1. The highest BCUT2D eigenvalue weighted by Crippen LogP contribution is 2.39. The Hall–Kier alpha value is -1.41. The summed E-state index contributed by atoms with van der Waals surface area (Å²) in [5.74, 6) is 1.48. The SMILES string of the molecule is COc1cc(Br)cc(OC)c1OCC#N. The smallest absolute Gasteiger partial charge is 0.204 e. The lowest BCUT2D eigenvalue weighted by molar-refractivity contribution is 0.303. The van der Waals surface area contributed by atoms with Crippen LogP contribution in [0.25, 0.3) is 0 Å². The van der Waals surface area contributed by atoms with Crippen molar-refractivity contribution in [3.05, 3.63) is 16.6 Å². The average molecular weight is 272 g/mol. The lowest BCUT2D eigenvalue weighted by Crippen LogP contribution is -1.99. The van der Waals surface area contributed by atoms with E-state index in [9.17, 15) is 0 Å². The van der Waals surface area contributed by atoms with Crippen molar-refractivity contribution in [3.8, 4) is 23.3 Å². The van der Waals surface area contributed by atoms with E-state index < -0.39 is 0 Å². The molecule has 80 valence electrons. The van der Waals surface area contributed by atoms with E-state index in [2.05, 4.69) is 15.9 Å². The maximum atomic E-state index is 8.44. The van der Waals surface area contributed by atoms with Crippen LogP contribution in [0.15, 0.2) is 16.6 Å². The van der Waals surface area contributed by atoms with E-state index in [1.54, 1.807) is 12.1 Å². The number of nitrogens with zero attached hydrogens (tertiary/aromatic N) is 1. The first kappa shape index (κ1) is 11.7. The molecule has 0 saturated heterocycles. The maximum Gasteiger partial charge on any atom is 0.204 e. The molecule has 0 aliphatic heterocycles. The largest absolute Gasteiger partial charge is 0.493 e. The third-order valence-electron chi connectivity index (χ3n) is 1.71. The highest BCUT2D eigenvalue weighted by atomic mass is 79.9. The van der Waals surface area contributed by atoms with Crippen molar-refractivity contribution in [2.45, 2.75) is 0 Å². The summed E-state index contributed by atoms with van der Waals surface area (Å²) in [6, 6.07) is 5.38. The first-order chi connectivity index (χ1) is 7.22. The Balaban J connectivity index is 3.13. The molecule has 1 aromatic carbocycles. The van der Waals surface area contributed by atoms with E-state index >= 15 is 0 Å². The molecule has 4 nitrogen and oxygen atoms in total. The van der Waals surface area contributed by atoms with Gasteiger partial charge in [-0.05, 0) is 12.1 Å². The van der Waals surface area contributed by atoms with Crippen LogP contribution in [0, 0.1) is 11.3 Å². The zero-order valence-electron chi connectivity index (χ0n) is 8.41. The Morgan fingerprint density at radius 1 is 1.27 bits per heavy atom. The Kier molecular flexibility index (Phi) is 4.25. The molecule has 0 radical (unpaired) electrons. The van der Waals surface area contributed by atoms with Crippen LogP contribution in [0.5, 0.6) is 17.2 Å². The quantitative estimate of drug-likeness (QED) is 0.844. The summed E-state index contributed by atoms with van der Waals surface area (Å²) >= 11 is 3.32. The third-order valence-corrected chi connectivity index (χ3v) is 2.16. The molecular weight excluding hydrogens is 262 g/mol. The van der Waals surface area contributed by atoms with Crippen LogP contribution in [-0.2, 0) is 0 Å². The first-order valence-corrected chi connectivity index (χ1v) is 4.93. The molecule has 15 heavy (non-hydrogen) atoms. The van der Waals surface area contributed by atoms with Crippen molar-refractivity contribution in [1.29, 1.82) is 5.26 Å². The van der Waals surface area contributed by atoms with Crippen molar-refractivity contribution in [2.24, 2.45) is 0 Å². The molecule has 0 saturated carbocycles. The zero-order chi connectivity index (χ0) is 11.3. The summed E-state index contributed by atoms with van der Waals surface area (Å²) in [6.45, 7) is -0.0473. The average Bonchev–Trinajstić information content (AvgIpc) is 2.26. The molecule has 0 amide bonds. The van der Waals surface area contributed by atoms with Crippen molar-refractivity contribution in [1.82, 2.24) is 0 Å². The second-order valence-corrected chi connectivity index (χ2v) is 3.50. The molecule has 0 spiro atoms. The standard InChI is InChI=1S/C10H10BrNO3/c1-13-8-5-7(11)6-9(14-2)10(8)15-4-3-12/h5-6H,4H2,1-2H3. The molecule has 0 N–H and O–H groups in total. The predicted octanol–water partition coefficient (Wildman–Crippen LogP) is 2.37. The van der Waals surface area contributed by atoms with Gasteiger partial charge in [0.25, 0.3) is 0 Å². The van der Waals surface area contributed by atoms with Gasteiger partial charge < -0.3 is 14.2 Å². The van der Waals surface area contributed by atoms with Gasteiger partial charge in [0, 0.05) is 4.47 Å². The fourth-order valence-electron chi connectivity index (χ4n) is 1.09. The van der Waals surface area contributed by atoms with Gasteiger partial charge >= 0.3 is 0 Å². The van der Waals surface area contributed by atoms with Crippen molar-refractivity contribution >= 4 is 15.9 Å². The summed E-state index contributed by atoms with van der Waals surface area (Å²) in [5.41, 5.74) is 0. The second kappa shape index (κ2) is 5.47. The van der Waals surface area contributed by atoms with Gasteiger partial charge in [0.15, 0.2) is 18.1 Å². The van der Waals surface area contributed by atoms with Crippen LogP contribution in [0.1, 0.15) is 0 Å². The lowest BCUT2D eigenvalue weighted by Gasteiger charge is -2.12. The monoisotopic (exact) mass is 271 g/mol. The van der Waals surface area contributed by atoms with Crippen LogP contribution < -0.4 is 14.2 Å². The summed E-state index contributed by atoms with van der Waals surface area (Å²) in [7, 11) is 3.06. The molecule has 5 heteroatoms. The summed E-state index contributed by atoms with van der Waals surface area (Å²) in [4.78, 5) is 0. The van der Waals surface area contributed by atoms with Crippen LogP contribution in [-0.4, -0.2) is 20.8 Å². The van der Waals surface area contributed by atoms with Gasteiger partial charge in [0.1, 0.15) is 6.07 Å². The summed E-state index contributed by atoms with van der Waals surface area (Å²) in [6.07, 6.45) is 0. The Bertz CT molecular complexity index is 362. The van der Waals surface area contributed by atoms with Crippen LogP contribution >= 0.6 is 15.9 Å². The number of hydrogen-bond donors (Lipinski definition) is 0. The predicted molar refractivity (Wildman–Crippen MR) is 58.4 cm³/mol. The van der Waals surface area contributed by atoms with E-state index in [1.165, 1.54) is 14.2 Å². The Morgan fingerprint density at radius 2 is 1.80 bits per heavy atom. The number of hydrogen-bond acceptors (Lipinski definition) is 4. The molecule has 0 atom stereocenters. The number of nitriles is 1. The highest BCUT2D eigenvalue weighted by molar-refractivity contribution is 9.10.